The minimum Gasteiger partial charge on any atom is -0.399 e. The smallest absolute Gasteiger partial charge is 0.244 e. The van der Waals surface area contributed by atoms with E-state index >= 15 is 0 Å². The first-order chi connectivity index (χ1) is 8.13. The van der Waals surface area contributed by atoms with Gasteiger partial charge in [-0.1, -0.05) is 0 Å². The Labute approximate surface area is 113 Å². The third-order valence-electron chi connectivity index (χ3n) is 2.13. The Balaban J connectivity index is 0.00000289. The van der Waals surface area contributed by atoms with Gasteiger partial charge in [0, 0.05) is 31.1 Å². The van der Waals surface area contributed by atoms with Crippen molar-refractivity contribution in [2.24, 2.45) is 0 Å². The number of carbonyl (C=O) groups is 1. The highest BCUT2D eigenvalue weighted by atomic mass is 35.5. The van der Waals surface area contributed by atoms with E-state index in [0.717, 1.165) is 5.56 Å². The molecule has 0 spiro atoms. The third kappa shape index (κ3) is 5.56. The molecule has 5 nitrogen and oxygen atoms in total. The van der Waals surface area contributed by atoms with Gasteiger partial charge in [-0.25, -0.2) is 0 Å². The van der Waals surface area contributed by atoms with Gasteiger partial charge in [0.1, 0.15) is 0 Å². The molecule has 0 heterocycles. The number of amides is 1. The van der Waals surface area contributed by atoms with E-state index in [1.54, 1.807) is 31.4 Å². The van der Waals surface area contributed by atoms with E-state index < -0.39 is 0 Å². The van der Waals surface area contributed by atoms with Crippen LogP contribution in [0.15, 0.2) is 24.3 Å². The monoisotopic (exact) mass is 271 g/mol. The summed E-state index contributed by atoms with van der Waals surface area (Å²) in [6, 6.07) is 5.14. The Hall–Kier alpha value is -1.72. The number of ether oxygens (including phenoxy) is 1. The van der Waals surface area contributed by atoms with Crippen molar-refractivity contribution in [2.75, 3.05) is 31.7 Å². The van der Waals surface area contributed by atoms with Crippen LogP contribution in [0.25, 0.3) is 6.08 Å². The highest BCUT2D eigenvalue weighted by Crippen LogP contribution is 2.16. The van der Waals surface area contributed by atoms with Crippen LogP contribution in [0.5, 0.6) is 0 Å². The van der Waals surface area contributed by atoms with Crippen molar-refractivity contribution in [3.63, 3.8) is 0 Å². The van der Waals surface area contributed by atoms with Crippen LogP contribution >= 0.6 is 12.4 Å². The van der Waals surface area contributed by atoms with Crippen LogP contribution in [0.3, 0.4) is 0 Å². The SMILES string of the molecule is COCCNC(=O)/C=C/c1cc(N)ccc1N.Cl. The van der Waals surface area contributed by atoms with Crippen LogP contribution in [0.4, 0.5) is 11.4 Å². The Bertz CT molecular complexity index is 422. The highest BCUT2D eigenvalue weighted by Gasteiger charge is 1.98. The fourth-order valence-corrected chi connectivity index (χ4v) is 1.24. The van der Waals surface area contributed by atoms with Gasteiger partial charge in [-0.05, 0) is 29.8 Å². The van der Waals surface area contributed by atoms with Gasteiger partial charge in [-0.15, -0.1) is 12.4 Å². The minimum absolute atomic E-state index is 0. The molecule has 5 N–H and O–H groups in total. The molecule has 0 radical (unpaired) electrons. The molecule has 0 aliphatic carbocycles. The average molecular weight is 272 g/mol. The predicted molar refractivity (Wildman–Crippen MR) is 76.4 cm³/mol. The molecule has 0 fully saturated rings. The lowest BCUT2D eigenvalue weighted by molar-refractivity contribution is -0.116. The lowest BCUT2D eigenvalue weighted by Gasteiger charge is -2.02. The number of benzene rings is 1. The molecule has 1 aromatic carbocycles. The lowest BCUT2D eigenvalue weighted by atomic mass is 10.1. The summed E-state index contributed by atoms with van der Waals surface area (Å²) < 4.78 is 4.81. The van der Waals surface area contributed by atoms with Crippen molar-refractivity contribution in [3.05, 3.63) is 29.8 Å². The number of anilines is 2. The standard InChI is InChI=1S/C12H17N3O2.ClH/c1-17-7-6-15-12(16)5-2-9-8-10(13)3-4-11(9)14;/h2-5,8H,6-7,13-14H2,1H3,(H,15,16);1H/b5-2+;. The van der Waals surface area contributed by atoms with E-state index in [2.05, 4.69) is 5.32 Å². The first kappa shape index (κ1) is 16.3. The zero-order chi connectivity index (χ0) is 12.7. The molecule has 0 atom stereocenters. The maximum atomic E-state index is 11.4. The van der Waals surface area contributed by atoms with Crippen molar-refractivity contribution in [3.8, 4) is 0 Å². The summed E-state index contributed by atoms with van der Waals surface area (Å²) in [5.74, 6) is -0.191. The molecule has 6 heteroatoms. The molecule has 1 amide bonds. The number of hydrogen-bond acceptors (Lipinski definition) is 4. The van der Waals surface area contributed by atoms with Crippen LogP contribution in [0.2, 0.25) is 0 Å². The molecule has 18 heavy (non-hydrogen) atoms. The number of nitrogens with one attached hydrogen (secondary N) is 1. The topological polar surface area (TPSA) is 90.4 Å². The quantitative estimate of drug-likeness (QED) is 0.424. The summed E-state index contributed by atoms with van der Waals surface area (Å²) in [6.07, 6.45) is 3.05. The molecule has 0 aromatic heterocycles. The predicted octanol–water partition coefficient (Wildman–Crippen LogP) is 1.05. The Morgan fingerprint density at radius 3 is 2.83 bits per heavy atom. The fourth-order valence-electron chi connectivity index (χ4n) is 1.24. The summed E-state index contributed by atoms with van der Waals surface area (Å²) in [4.78, 5) is 11.4. The number of nitrogen functional groups attached to an aromatic ring is 2. The van der Waals surface area contributed by atoms with Gasteiger partial charge in [0.25, 0.3) is 0 Å². The molecule has 0 aliphatic heterocycles. The van der Waals surface area contributed by atoms with Crippen molar-refractivity contribution in [2.45, 2.75) is 0 Å². The van der Waals surface area contributed by atoms with Crippen LogP contribution < -0.4 is 16.8 Å². The molecule has 100 valence electrons. The maximum Gasteiger partial charge on any atom is 0.244 e. The summed E-state index contributed by atoms with van der Waals surface area (Å²) in [7, 11) is 1.58. The highest BCUT2D eigenvalue weighted by molar-refractivity contribution is 5.92. The van der Waals surface area contributed by atoms with Crippen molar-refractivity contribution < 1.29 is 9.53 Å². The lowest BCUT2D eigenvalue weighted by Crippen LogP contribution is -2.24. The van der Waals surface area contributed by atoms with Crippen LogP contribution in [-0.2, 0) is 9.53 Å². The molecular formula is C12H18ClN3O2. The van der Waals surface area contributed by atoms with Crippen molar-refractivity contribution in [1.82, 2.24) is 5.32 Å². The van der Waals surface area contributed by atoms with E-state index in [0.29, 0.717) is 24.5 Å². The number of methoxy groups -OCH3 is 1. The van der Waals surface area contributed by atoms with Gasteiger partial charge in [0.15, 0.2) is 0 Å². The van der Waals surface area contributed by atoms with Crippen molar-refractivity contribution >= 4 is 35.8 Å². The first-order valence-corrected chi connectivity index (χ1v) is 5.23. The molecule has 0 aliphatic rings. The van der Waals surface area contributed by atoms with E-state index in [4.69, 9.17) is 16.2 Å². The van der Waals surface area contributed by atoms with Crippen LogP contribution in [0.1, 0.15) is 5.56 Å². The summed E-state index contributed by atoms with van der Waals surface area (Å²) in [5.41, 5.74) is 13.3. The average Bonchev–Trinajstić information content (AvgIpc) is 2.31. The summed E-state index contributed by atoms with van der Waals surface area (Å²) in [5, 5.41) is 2.67. The normalized spacial score (nSPS) is 10.1. The number of rotatable bonds is 5. The number of carbonyl (C=O) groups excluding carboxylic acids is 1. The summed E-state index contributed by atoms with van der Waals surface area (Å²) in [6.45, 7) is 0.964. The zero-order valence-electron chi connectivity index (χ0n) is 10.2. The second-order valence-corrected chi connectivity index (χ2v) is 3.51. The molecule has 0 saturated heterocycles. The van der Waals surface area contributed by atoms with Crippen LogP contribution in [0, 0.1) is 0 Å². The largest absolute Gasteiger partial charge is 0.399 e. The van der Waals surface area contributed by atoms with E-state index in [-0.39, 0.29) is 18.3 Å². The van der Waals surface area contributed by atoms with Gasteiger partial charge in [-0.3, -0.25) is 4.79 Å². The Morgan fingerprint density at radius 2 is 2.17 bits per heavy atom. The Morgan fingerprint density at radius 1 is 1.44 bits per heavy atom. The fraction of sp³-hybridized carbons (Fsp3) is 0.250. The van der Waals surface area contributed by atoms with E-state index in [1.165, 1.54) is 6.08 Å². The second-order valence-electron chi connectivity index (χ2n) is 3.51. The molecule has 0 bridgehead atoms. The van der Waals surface area contributed by atoms with Gasteiger partial charge in [-0.2, -0.15) is 0 Å². The maximum absolute atomic E-state index is 11.4. The Kier molecular flexibility index (Phi) is 7.58. The number of hydrogen-bond donors (Lipinski definition) is 3. The second kappa shape index (κ2) is 8.38. The summed E-state index contributed by atoms with van der Waals surface area (Å²) >= 11 is 0. The van der Waals surface area contributed by atoms with Gasteiger partial charge in [0.2, 0.25) is 5.91 Å². The molecule has 1 rings (SSSR count). The molecule has 0 saturated carbocycles. The molecule has 1 aromatic rings. The molecule has 0 unspecified atom stereocenters. The number of halogens is 1. The zero-order valence-corrected chi connectivity index (χ0v) is 11.0. The first-order valence-electron chi connectivity index (χ1n) is 5.23. The number of nitrogens with two attached hydrogens (primary N) is 2. The van der Waals surface area contributed by atoms with E-state index in [1.807, 2.05) is 0 Å². The van der Waals surface area contributed by atoms with Gasteiger partial charge in [0.05, 0.1) is 6.61 Å². The van der Waals surface area contributed by atoms with Crippen molar-refractivity contribution in [1.29, 1.82) is 0 Å². The minimum atomic E-state index is -0.191. The molecular weight excluding hydrogens is 254 g/mol. The van der Waals surface area contributed by atoms with Gasteiger partial charge < -0.3 is 21.5 Å². The third-order valence-corrected chi connectivity index (χ3v) is 2.13. The van der Waals surface area contributed by atoms with E-state index in [9.17, 15) is 4.79 Å². The van der Waals surface area contributed by atoms with Crippen LogP contribution in [-0.4, -0.2) is 26.2 Å². The van der Waals surface area contributed by atoms with Gasteiger partial charge >= 0.3 is 0 Å².